The Morgan fingerprint density at radius 2 is 1.76 bits per heavy atom. The number of carbonyl (C=O) groups is 1. The second-order valence-electron chi connectivity index (χ2n) is 3.72. The Kier molecular flexibility index (Phi) is 3.49. The van der Waals surface area contributed by atoms with Crippen molar-refractivity contribution in [3.8, 4) is 0 Å². The zero-order valence-corrected chi connectivity index (χ0v) is 10.3. The topological polar surface area (TPSA) is 43.1 Å². The fourth-order valence-corrected chi connectivity index (χ4v) is 2.41. The van der Waals surface area contributed by atoms with E-state index < -0.39 is 0 Å². The molecule has 0 unspecified atom stereocenters. The van der Waals surface area contributed by atoms with Crippen LogP contribution in [0.2, 0.25) is 0 Å². The highest BCUT2D eigenvalue weighted by atomic mass is 32.2. The zero-order chi connectivity index (χ0) is 12.3. The third kappa shape index (κ3) is 2.88. The van der Waals surface area contributed by atoms with Gasteiger partial charge in [-0.05, 0) is 37.3 Å². The van der Waals surface area contributed by atoms with Crippen molar-refractivity contribution in [2.24, 2.45) is 0 Å². The highest BCUT2D eigenvalue weighted by Crippen LogP contribution is 2.29. The van der Waals surface area contributed by atoms with Crippen molar-refractivity contribution in [3.05, 3.63) is 54.1 Å². The van der Waals surface area contributed by atoms with Crippen LogP contribution < -0.4 is 5.73 Å². The van der Waals surface area contributed by atoms with E-state index in [1.807, 2.05) is 42.5 Å². The van der Waals surface area contributed by atoms with Gasteiger partial charge in [0, 0.05) is 21.0 Å². The molecule has 0 bridgehead atoms. The average Bonchev–Trinajstić information content (AvgIpc) is 2.32. The van der Waals surface area contributed by atoms with Gasteiger partial charge in [0.1, 0.15) is 0 Å². The number of nitrogen functional groups attached to an aromatic ring is 1. The summed E-state index contributed by atoms with van der Waals surface area (Å²) in [7, 11) is 0. The molecule has 2 nitrogen and oxygen atoms in total. The predicted octanol–water partition coefficient (Wildman–Crippen LogP) is 3.62. The molecule has 2 aromatic carbocycles. The molecule has 0 aromatic heterocycles. The highest BCUT2D eigenvalue weighted by Gasteiger charge is 2.06. The Hall–Kier alpha value is -1.74. The second-order valence-corrected chi connectivity index (χ2v) is 4.87. The summed E-state index contributed by atoms with van der Waals surface area (Å²) in [6.45, 7) is 1.53. The normalized spacial score (nSPS) is 10.2. The third-order valence-corrected chi connectivity index (χ3v) is 3.38. The van der Waals surface area contributed by atoms with Crippen molar-refractivity contribution in [3.63, 3.8) is 0 Å². The molecule has 2 rings (SSSR count). The number of Topliss-reactive ketones (excluding diaryl/α,β-unsaturated/α-hetero) is 1. The molecule has 0 fully saturated rings. The van der Waals surface area contributed by atoms with E-state index >= 15 is 0 Å². The van der Waals surface area contributed by atoms with Crippen LogP contribution in [-0.4, -0.2) is 5.78 Å². The Morgan fingerprint density at radius 3 is 2.41 bits per heavy atom. The molecule has 17 heavy (non-hydrogen) atoms. The maximum absolute atomic E-state index is 11.4. The monoisotopic (exact) mass is 243 g/mol. The van der Waals surface area contributed by atoms with E-state index in [0.717, 1.165) is 9.79 Å². The third-order valence-electron chi connectivity index (χ3n) is 2.38. The molecular weight excluding hydrogens is 230 g/mol. The van der Waals surface area contributed by atoms with E-state index in [-0.39, 0.29) is 5.78 Å². The van der Waals surface area contributed by atoms with Gasteiger partial charge in [-0.25, -0.2) is 0 Å². The summed E-state index contributed by atoms with van der Waals surface area (Å²) < 4.78 is 0. The average molecular weight is 243 g/mol. The van der Waals surface area contributed by atoms with Crippen LogP contribution in [0, 0.1) is 0 Å². The first-order valence-electron chi connectivity index (χ1n) is 5.30. The summed E-state index contributed by atoms with van der Waals surface area (Å²) in [6, 6.07) is 15.6. The number of nitrogens with two attached hydrogens (primary N) is 1. The van der Waals surface area contributed by atoms with Gasteiger partial charge in [0.15, 0.2) is 5.78 Å². The smallest absolute Gasteiger partial charge is 0.161 e. The number of ketones is 1. The van der Waals surface area contributed by atoms with Gasteiger partial charge >= 0.3 is 0 Å². The van der Waals surface area contributed by atoms with Crippen molar-refractivity contribution in [1.29, 1.82) is 0 Å². The minimum atomic E-state index is -0.00184. The van der Waals surface area contributed by atoms with Crippen molar-refractivity contribution in [2.75, 3.05) is 5.73 Å². The number of anilines is 1. The highest BCUT2D eigenvalue weighted by molar-refractivity contribution is 7.99. The van der Waals surface area contributed by atoms with Crippen molar-refractivity contribution < 1.29 is 4.79 Å². The Morgan fingerprint density at radius 1 is 1.06 bits per heavy atom. The Bertz CT molecular complexity index is 537. The van der Waals surface area contributed by atoms with E-state index in [1.54, 1.807) is 17.8 Å². The molecule has 86 valence electrons. The number of benzene rings is 2. The number of hydrogen-bond acceptors (Lipinski definition) is 3. The van der Waals surface area contributed by atoms with Gasteiger partial charge in [-0.1, -0.05) is 30.0 Å². The van der Waals surface area contributed by atoms with E-state index in [0.29, 0.717) is 11.3 Å². The lowest BCUT2D eigenvalue weighted by Crippen LogP contribution is -1.99. The van der Waals surface area contributed by atoms with Gasteiger partial charge in [0.25, 0.3) is 0 Å². The van der Waals surface area contributed by atoms with Crippen LogP contribution in [0.1, 0.15) is 17.3 Å². The minimum Gasteiger partial charge on any atom is -0.398 e. The molecule has 0 atom stereocenters. The summed E-state index contributed by atoms with van der Waals surface area (Å²) in [5, 5.41) is 0. The summed E-state index contributed by atoms with van der Waals surface area (Å²) >= 11 is 1.62. The quantitative estimate of drug-likeness (QED) is 0.661. The van der Waals surface area contributed by atoms with E-state index in [2.05, 4.69) is 0 Å². The van der Waals surface area contributed by atoms with Gasteiger partial charge < -0.3 is 5.73 Å². The van der Waals surface area contributed by atoms with Crippen LogP contribution in [-0.2, 0) is 0 Å². The van der Waals surface area contributed by atoms with Gasteiger partial charge in [0.2, 0.25) is 0 Å². The van der Waals surface area contributed by atoms with Crippen LogP contribution in [0.4, 0.5) is 5.69 Å². The second kappa shape index (κ2) is 5.06. The molecule has 0 heterocycles. The molecule has 2 N–H and O–H groups in total. The molecule has 0 aliphatic carbocycles. The Balaban J connectivity index is 2.29. The standard InChI is InChI=1S/C14H13NOS/c1-10(16)13-9-12(7-8-14(13)15)17-11-5-3-2-4-6-11/h2-9H,15H2,1H3. The van der Waals surface area contributed by atoms with Crippen LogP contribution in [0.3, 0.4) is 0 Å². The Labute approximate surface area is 105 Å². The zero-order valence-electron chi connectivity index (χ0n) is 9.51. The molecule has 0 radical (unpaired) electrons. The lowest BCUT2D eigenvalue weighted by molar-refractivity contribution is 0.101. The maximum Gasteiger partial charge on any atom is 0.161 e. The van der Waals surface area contributed by atoms with Crippen LogP contribution >= 0.6 is 11.8 Å². The SMILES string of the molecule is CC(=O)c1cc(Sc2ccccc2)ccc1N. The molecule has 0 saturated heterocycles. The van der Waals surface area contributed by atoms with Crippen LogP contribution in [0.5, 0.6) is 0 Å². The van der Waals surface area contributed by atoms with Gasteiger partial charge in [-0.3, -0.25) is 4.79 Å². The molecule has 3 heteroatoms. The fraction of sp³-hybridized carbons (Fsp3) is 0.0714. The van der Waals surface area contributed by atoms with Gasteiger partial charge in [-0.2, -0.15) is 0 Å². The maximum atomic E-state index is 11.4. The molecule has 0 aliphatic rings. The summed E-state index contributed by atoms with van der Waals surface area (Å²) in [6.07, 6.45) is 0. The molecule has 0 aliphatic heterocycles. The summed E-state index contributed by atoms with van der Waals surface area (Å²) in [5.41, 5.74) is 6.88. The fourth-order valence-electron chi connectivity index (χ4n) is 1.53. The lowest BCUT2D eigenvalue weighted by atomic mass is 10.1. The molecule has 0 spiro atoms. The molecule has 0 amide bonds. The number of hydrogen-bond donors (Lipinski definition) is 1. The van der Waals surface area contributed by atoms with Crippen LogP contribution in [0.25, 0.3) is 0 Å². The summed E-state index contributed by atoms with van der Waals surface area (Å²) in [4.78, 5) is 13.6. The van der Waals surface area contributed by atoms with Crippen molar-refractivity contribution in [1.82, 2.24) is 0 Å². The van der Waals surface area contributed by atoms with Crippen LogP contribution in [0.15, 0.2) is 58.3 Å². The largest absolute Gasteiger partial charge is 0.398 e. The number of carbonyl (C=O) groups excluding carboxylic acids is 1. The van der Waals surface area contributed by atoms with E-state index in [1.165, 1.54) is 6.92 Å². The van der Waals surface area contributed by atoms with Gasteiger partial charge in [0.05, 0.1) is 0 Å². The molecule has 0 saturated carbocycles. The lowest BCUT2D eigenvalue weighted by Gasteiger charge is -2.06. The number of rotatable bonds is 3. The first-order valence-corrected chi connectivity index (χ1v) is 6.12. The first-order chi connectivity index (χ1) is 8.16. The first kappa shape index (κ1) is 11.7. The molecule has 2 aromatic rings. The minimum absolute atomic E-state index is 0.00184. The van der Waals surface area contributed by atoms with E-state index in [4.69, 9.17) is 5.73 Å². The van der Waals surface area contributed by atoms with E-state index in [9.17, 15) is 4.79 Å². The summed E-state index contributed by atoms with van der Waals surface area (Å²) in [5.74, 6) is -0.00184. The van der Waals surface area contributed by atoms with Gasteiger partial charge in [-0.15, -0.1) is 0 Å². The predicted molar refractivity (Wildman–Crippen MR) is 71.4 cm³/mol. The van der Waals surface area contributed by atoms with Crippen molar-refractivity contribution >= 4 is 23.2 Å². The van der Waals surface area contributed by atoms with Crippen molar-refractivity contribution in [2.45, 2.75) is 16.7 Å². The molecular formula is C14H13NOS.